The number of Topliss-reactive ketones (excluding diaryl/α,β-unsaturated/α-hetero) is 1. The van der Waals surface area contributed by atoms with E-state index in [9.17, 15) is 4.79 Å². The van der Waals surface area contributed by atoms with Crippen molar-refractivity contribution < 1.29 is 9.53 Å². The summed E-state index contributed by atoms with van der Waals surface area (Å²) in [5, 5.41) is 0. The second-order valence-corrected chi connectivity index (χ2v) is 6.64. The Hall–Kier alpha value is -2.26. The number of aliphatic imine (C=N–C) groups is 1. The zero-order valence-corrected chi connectivity index (χ0v) is 14.8. The molecule has 3 rings (SSSR count). The van der Waals surface area contributed by atoms with Crippen molar-refractivity contribution >= 4 is 17.2 Å². The minimum Gasteiger partial charge on any atom is -0.372 e. The molecule has 0 heterocycles. The van der Waals surface area contributed by atoms with Gasteiger partial charge in [-0.15, -0.1) is 0 Å². The molecule has 0 amide bonds. The van der Waals surface area contributed by atoms with Gasteiger partial charge in [-0.3, -0.25) is 4.79 Å². The molecule has 0 atom stereocenters. The van der Waals surface area contributed by atoms with Gasteiger partial charge in [0.2, 0.25) is 0 Å². The fourth-order valence-corrected chi connectivity index (χ4v) is 3.58. The number of ether oxygens (including phenoxy) is 1. The van der Waals surface area contributed by atoms with Gasteiger partial charge in [-0.05, 0) is 30.5 Å². The predicted octanol–water partition coefficient (Wildman–Crippen LogP) is 4.92. The summed E-state index contributed by atoms with van der Waals surface area (Å²) < 4.78 is 5.92. The molecular weight excluding hydrogens is 310 g/mol. The minimum atomic E-state index is -0.556. The molecule has 130 valence electrons. The maximum absolute atomic E-state index is 13.2. The highest BCUT2D eigenvalue weighted by molar-refractivity contribution is 6.43. The van der Waals surface area contributed by atoms with E-state index >= 15 is 0 Å². The quantitative estimate of drug-likeness (QED) is 0.703. The molecule has 1 saturated carbocycles. The number of hydrogen-bond donors (Lipinski definition) is 0. The number of carbonyl (C=O) groups is 1. The van der Waals surface area contributed by atoms with Crippen molar-refractivity contribution in [3.63, 3.8) is 0 Å². The predicted molar refractivity (Wildman–Crippen MR) is 102 cm³/mol. The molecule has 1 aliphatic carbocycles. The fourth-order valence-electron chi connectivity index (χ4n) is 3.58. The maximum atomic E-state index is 13.2. The van der Waals surface area contributed by atoms with Crippen molar-refractivity contribution in [2.45, 2.75) is 44.1 Å². The minimum absolute atomic E-state index is 0.0544. The lowest BCUT2D eigenvalue weighted by Crippen LogP contribution is -2.47. The van der Waals surface area contributed by atoms with E-state index in [-0.39, 0.29) is 5.78 Å². The Bertz CT molecular complexity index is 716. The Morgan fingerprint density at radius 1 is 0.960 bits per heavy atom. The molecule has 3 nitrogen and oxygen atoms in total. The van der Waals surface area contributed by atoms with Gasteiger partial charge in [0.25, 0.3) is 0 Å². The Morgan fingerprint density at radius 3 is 2.16 bits per heavy atom. The van der Waals surface area contributed by atoms with Crippen LogP contribution in [0.2, 0.25) is 0 Å². The van der Waals surface area contributed by atoms with Gasteiger partial charge in [-0.2, -0.15) is 0 Å². The number of benzene rings is 2. The van der Waals surface area contributed by atoms with Crippen LogP contribution < -0.4 is 0 Å². The second kappa shape index (κ2) is 8.21. The summed E-state index contributed by atoms with van der Waals surface area (Å²) in [5.41, 5.74) is 1.83. The molecular formula is C22H25NO2. The molecule has 1 fully saturated rings. The van der Waals surface area contributed by atoms with Crippen molar-refractivity contribution in [2.24, 2.45) is 4.99 Å². The topological polar surface area (TPSA) is 38.7 Å². The van der Waals surface area contributed by atoms with Crippen LogP contribution in [0.15, 0.2) is 65.7 Å². The lowest BCUT2D eigenvalue weighted by molar-refractivity contribution is -0.113. The number of ketones is 1. The normalized spacial score (nSPS) is 17.2. The molecule has 0 unspecified atom stereocenters. The van der Waals surface area contributed by atoms with Crippen LogP contribution in [0, 0.1) is 0 Å². The average Bonchev–Trinajstić information content (AvgIpc) is 2.68. The highest BCUT2D eigenvalue weighted by atomic mass is 16.5. The summed E-state index contributed by atoms with van der Waals surface area (Å²) >= 11 is 0. The maximum Gasteiger partial charge on any atom is 0.184 e. The summed E-state index contributed by atoms with van der Waals surface area (Å²) in [6.07, 6.45) is 5.40. The van der Waals surface area contributed by atoms with Crippen LogP contribution in [0.4, 0.5) is 5.69 Å². The fraction of sp³-hybridized carbons (Fsp3) is 0.364. The van der Waals surface area contributed by atoms with E-state index in [4.69, 9.17) is 9.73 Å². The lowest BCUT2D eigenvalue weighted by Gasteiger charge is -2.36. The summed E-state index contributed by atoms with van der Waals surface area (Å²) in [6, 6.07) is 19.6. The molecule has 0 aliphatic heterocycles. The number of para-hydroxylation sites is 1. The van der Waals surface area contributed by atoms with Crippen LogP contribution in [0.5, 0.6) is 0 Å². The Balaban J connectivity index is 1.96. The van der Waals surface area contributed by atoms with Gasteiger partial charge < -0.3 is 4.74 Å². The number of nitrogens with zero attached hydrogens (tertiary/aromatic N) is 1. The van der Waals surface area contributed by atoms with Gasteiger partial charge in [0.05, 0.1) is 5.69 Å². The molecule has 0 bridgehead atoms. The van der Waals surface area contributed by atoms with Gasteiger partial charge in [0.1, 0.15) is 11.3 Å². The average molecular weight is 335 g/mol. The van der Waals surface area contributed by atoms with Crippen LogP contribution >= 0.6 is 0 Å². The summed E-state index contributed by atoms with van der Waals surface area (Å²) in [6.45, 7) is 0. The number of rotatable bonds is 6. The number of carbonyl (C=O) groups excluding carboxylic acids is 1. The second-order valence-electron chi connectivity index (χ2n) is 6.64. The third kappa shape index (κ3) is 4.23. The van der Waals surface area contributed by atoms with Gasteiger partial charge in [-0.25, -0.2) is 4.99 Å². The van der Waals surface area contributed by atoms with Gasteiger partial charge in [0.15, 0.2) is 5.78 Å². The third-order valence-electron chi connectivity index (χ3n) is 4.95. The first-order valence-electron chi connectivity index (χ1n) is 9.00. The van der Waals surface area contributed by atoms with Crippen molar-refractivity contribution in [1.82, 2.24) is 0 Å². The molecule has 2 aromatic carbocycles. The van der Waals surface area contributed by atoms with Crippen LogP contribution in [-0.4, -0.2) is 24.2 Å². The zero-order valence-electron chi connectivity index (χ0n) is 14.8. The van der Waals surface area contributed by atoms with Crippen molar-refractivity contribution in [2.75, 3.05) is 7.11 Å². The largest absolute Gasteiger partial charge is 0.372 e. The SMILES string of the molecule is COC1(C(=Nc2ccccc2)C(=O)Cc2ccccc2)CCCCC1. The van der Waals surface area contributed by atoms with Crippen molar-refractivity contribution in [3.05, 3.63) is 66.2 Å². The lowest BCUT2D eigenvalue weighted by atomic mass is 9.78. The van der Waals surface area contributed by atoms with Crippen molar-refractivity contribution in [3.8, 4) is 0 Å². The molecule has 0 spiro atoms. The van der Waals surface area contributed by atoms with Crippen LogP contribution in [0.1, 0.15) is 37.7 Å². The van der Waals surface area contributed by atoms with E-state index in [0.29, 0.717) is 12.1 Å². The molecule has 0 N–H and O–H groups in total. The zero-order chi connectivity index (χ0) is 17.5. The molecule has 2 aromatic rings. The number of methoxy groups -OCH3 is 1. The standard InChI is InChI=1S/C22H25NO2/c1-25-22(15-9-4-10-16-22)21(23-19-13-7-3-8-14-19)20(24)17-18-11-5-2-6-12-18/h2-3,5-8,11-14H,4,9-10,15-17H2,1H3. The van der Waals surface area contributed by atoms with E-state index in [1.807, 2.05) is 60.7 Å². The monoisotopic (exact) mass is 335 g/mol. The Labute approximate surface area is 149 Å². The molecule has 0 saturated heterocycles. The molecule has 0 aromatic heterocycles. The third-order valence-corrected chi connectivity index (χ3v) is 4.95. The Morgan fingerprint density at radius 2 is 1.56 bits per heavy atom. The smallest absolute Gasteiger partial charge is 0.184 e. The summed E-state index contributed by atoms with van der Waals surface area (Å²) in [5.74, 6) is 0.0544. The van der Waals surface area contributed by atoms with E-state index in [0.717, 1.165) is 36.9 Å². The van der Waals surface area contributed by atoms with Crippen molar-refractivity contribution in [1.29, 1.82) is 0 Å². The van der Waals surface area contributed by atoms with E-state index in [2.05, 4.69) is 0 Å². The van der Waals surface area contributed by atoms with E-state index in [1.54, 1.807) is 7.11 Å². The van der Waals surface area contributed by atoms with E-state index in [1.165, 1.54) is 6.42 Å². The molecule has 0 radical (unpaired) electrons. The van der Waals surface area contributed by atoms with Gasteiger partial charge >= 0.3 is 0 Å². The van der Waals surface area contributed by atoms with Gasteiger partial charge in [-0.1, -0.05) is 67.8 Å². The van der Waals surface area contributed by atoms with Crippen LogP contribution in [-0.2, 0) is 16.0 Å². The van der Waals surface area contributed by atoms with Gasteiger partial charge in [0, 0.05) is 13.5 Å². The highest BCUT2D eigenvalue weighted by Gasteiger charge is 2.40. The molecule has 1 aliphatic rings. The van der Waals surface area contributed by atoms with E-state index < -0.39 is 5.60 Å². The molecule has 3 heteroatoms. The first-order valence-corrected chi connectivity index (χ1v) is 9.00. The van der Waals surface area contributed by atoms with Crippen LogP contribution in [0.25, 0.3) is 0 Å². The Kier molecular flexibility index (Phi) is 5.77. The first-order chi connectivity index (χ1) is 12.2. The summed E-state index contributed by atoms with van der Waals surface area (Å²) in [4.78, 5) is 17.9. The summed E-state index contributed by atoms with van der Waals surface area (Å²) in [7, 11) is 1.71. The molecule has 25 heavy (non-hydrogen) atoms. The highest BCUT2D eigenvalue weighted by Crippen LogP contribution is 2.34. The number of hydrogen-bond acceptors (Lipinski definition) is 3. The first kappa shape index (κ1) is 17.6. The van der Waals surface area contributed by atoms with Crippen LogP contribution in [0.3, 0.4) is 0 Å².